The maximum atomic E-state index is 12.8. The lowest BCUT2D eigenvalue weighted by molar-refractivity contribution is -0.116. The summed E-state index contributed by atoms with van der Waals surface area (Å²) in [6.07, 6.45) is 0. The highest BCUT2D eigenvalue weighted by atomic mass is 32.2. The SMILES string of the molecule is CC(=O)c1ccc(S(=O)(=O)N(C)CC(=O)Nc2sc(C)c(-c3ccccc3)c2C(N)=O)cc1. The van der Waals surface area contributed by atoms with E-state index in [2.05, 4.69) is 5.32 Å². The molecule has 0 fully saturated rings. The number of rotatable bonds is 8. The lowest BCUT2D eigenvalue weighted by atomic mass is 10.0. The Labute approximate surface area is 196 Å². The Morgan fingerprint density at radius 3 is 2.18 bits per heavy atom. The Bertz CT molecular complexity index is 1310. The van der Waals surface area contributed by atoms with Crippen molar-refractivity contribution in [2.75, 3.05) is 18.9 Å². The highest BCUT2D eigenvalue weighted by Gasteiger charge is 2.26. The molecule has 172 valence electrons. The molecule has 33 heavy (non-hydrogen) atoms. The van der Waals surface area contributed by atoms with Gasteiger partial charge in [0, 0.05) is 23.1 Å². The number of aryl methyl sites for hydroxylation is 1. The number of amides is 2. The first-order valence-corrected chi connectivity index (χ1v) is 12.1. The van der Waals surface area contributed by atoms with Crippen LogP contribution in [0.5, 0.6) is 0 Å². The number of Topliss-reactive ketones (excluding diaryl/α,β-unsaturated/α-hetero) is 1. The summed E-state index contributed by atoms with van der Waals surface area (Å²) in [7, 11) is -2.69. The smallest absolute Gasteiger partial charge is 0.252 e. The molecule has 2 amide bonds. The summed E-state index contributed by atoms with van der Waals surface area (Å²) in [5, 5.41) is 2.89. The van der Waals surface area contributed by atoms with Gasteiger partial charge in [-0.1, -0.05) is 42.5 Å². The molecular formula is C23H23N3O5S2. The molecule has 3 aromatic rings. The van der Waals surface area contributed by atoms with Crippen LogP contribution < -0.4 is 11.1 Å². The van der Waals surface area contributed by atoms with Gasteiger partial charge in [-0.25, -0.2) is 8.42 Å². The van der Waals surface area contributed by atoms with Crippen LogP contribution in [0.4, 0.5) is 5.00 Å². The fourth-order valence-electron chi connectivity index (χ4n) is 3.32. The molecule has 0 aliphatic carbocycles. The number of likely N-dealkylation sites (N-methyl/N-ethyl adjacent to an activating group) is 1. The molecule has 1 aromatic heterocycles. The van der Waals surface area contributed by atoms with Gasteiger partial charge in [0.15, 0.2) is 5.78 Å². The molecule has 0 atom stereocenters. The highest BCUT2D eigenvalue weighted by molar-refractivity contribution is 7.89. The van der Waals surface area contributed by atoms with Gasteiger partial charge in [0.1, 0.15) is 5.00 Å². The van der Waals surface area contributed by atoms with E-state index in [-0.39, 0.29) is 21.2 Å². The van der Waals surface area contributed by atoms with Crippen LogP contribution in [-0.4, -0.2) is 43.9 Å². The van der Waals surface area contributed by atoms with E-state index in [1.807, 2.05) is 37.3 Å². The molecule has 8 nitrogen and oxygen atoms in total. The second-order valence-corrected chi connectivity index (χ2v) is 10.6. The second kappa shape index (κ2) is 9.65. The van der Waals surface area contributed by atoms with Crippen LogP contribution in [-0.2, 0) is 14.8 Å². The number of carbonyl (C=O) groups excluding carboxylic acids is 3. The Hall–Kier alpha value is -3.34. The third-order valence-electron chi connectivity index (χ3n) is 4.98. The van der Waals surface area contributed by atoms with E-state index in [0.717, 1.165) is 14.7 Å². The minimum atomic E-state index is -3.97. The van der Waals surface area contributed by atoms with Crippen molar-refractivity contribution in [2.24, 2.45) is 5.73 Å². The van der Waals surface area contributed by atoms with Crippen LogP contribution in [0.1, 0.15) is 32.5 Å². The lowest BCUT2D eigenvalue weighted by Gasteiger charge is -2.17. The van der Waals surface area contributed by atoms with E-state index in [1.165, 1.54) is 49.6 Å². The van der Waals surface area contributed by atoms with Gasteiger partial charge in [0.25, 0.3) is 5.91 Å². The van der Waals surface area contributed by atoms with Crippen molar-refractivity contribution in [3.05, 3.63) is 70.6 Å². The lowest BCUT2D eigenvalue weighted by Crippen LogP contribution is -2.35. The van der Waals surface area contributed by atoms with E-state index in [4.69, 9.17) is 5.73 Å². The van der Waals surface area contributed by atoms with Gasteiger partial charge in [-0.15, -0.1) is 11.3 Å². The molecule has 0 spiro atoms. The summed E-state index contributed by atoms with van der Waals surface area (Å²) in [5.41, 5.74) is 7.60. The average molecular weight is 486 g/mol. The van der Waals surface area contributed by atoms with Crippen molar-refractivity contribution in [1.29, 1.82) is 0 Å². The number of thiophene rings is 1. The molecule has 0 radical (unpaired) electrons. The molecule has 0 saturated carbocycles. The number of hydrogen-bond donors (Lipinski definition) is 2. The van der Waals surface area contributed by atoms with E-state index >= 15 is 0 Å². The molecule has 0 bridgehead atoms. The van der Waals surface area contributed by atoms with Crippen LogP contribution in [0.3, 0.4) is 0 Å². The van der Waals surface area contributed by atoms with Crippen molar-refractivity contribution < 1.29 is 22.8 Å². The Balaban J connectivity index is 1.82. The van der Waals surface area contributed by atoms with Crippen LogP contribution in [0.25, 0.3) is 11.1 Å². The van der Waals surface area contributed by atoms with Gasteiger partial charge >= 0.3 is 0 Å². The number of carbonyl (C=O) groups is 3. The van der Waals surface area contributed by atoms with Crippen molar-refractivity contribution in [2.45, 2.75) is 18.7 Å². The molecule has 0 aliphatic heterocycles. The number of ketones is 1. The van der Waals surface area contributed by atoms with Crippen molar-refractivity contribution >= 4 is 44.0 Å². The normalized spacial score (nSPS) is 11.4. The molecule has 2 aromatic carbocycles. The van der Waals surface area contributed by atoms with E-state index in [0.29, 0.717) is 11.1 Å². The van der Waals surface area contributed by atoms with Crippen LogP contribution >= 0.6 is 11.3 Å². The van der Waals surface area contributed by atoms with Gasteiger partial charge in [0.05, 0.1) is 17.0 Å². The predicted molar refractivity (Wildman–Crippen MR) is 128 cm³/mol. The van der Waals surface area contributed by atoms with E-state index in [9.17, 15) is 22.8 Å². The second-order valence-electron chi connectivity index (χ2n) is 7.36. The van der Waals surface area contributed by atoms with Gasteiger partial charge in [0.2, 0.25) is 15.9 Å². The third-order valence-corrected chi connectivity index (χ3v) is 7.82. The zero-order chi connectivity index (χ0) is 24.3. The van der Waals surface area contributed by atoms with Crippen molar-refractivity contribution in [3.8, 4) is 11.1 Å². The average Bonchev–Trinajstić information content (AvgIpc) is 3.09. The molecular weight excluding hydrogens is 462 g/mol. The van der Waals surface area contributed by atoms with Crippen LogP contribution in [0, 0.1) is 6.92 Å². The Morgan fingerprint density at radius 1 is 1.03 bits per heavy atom. The minimum Gasteiger partial charge on any atom is -0.365 e. The van der Waals surface area contributed by atoms with Crippen molar-refractivity contribution in [3.63, 3.8) is 0 Å². The molecule has 0 saturated heterocycles. The van der Waals surface area contributed by atoms with Crippen molar-refractivity contribution in [1.82, 2.24) is 4.31 Å². The fraction of sp³-hybridized carbons (Fsp3) is 0.174. The molecule has 10 heteroatoms. The quantitative estimate of drug-likeness (QED) is 0.474. The number of anilines is 1. The highest BCUT2D eigenvalue weighted by Crippen LogP contribution is 2.39. The first kappa shape index (κ1) is 24.3. The topological polar surface area (TPSA) is 127 Å². The van der Waals surface area contributed by atoms with Gasteiger partial charge in [-0.05, 0) is 31.5 Å². The van der Waals surface area contributed by atoms with E-state index < -0.39 is 28.4 Å². The minimum absolute atomic E-state index is 0.0426. The first-order chi connectivity index (χ1) is 15.5. The summed E-state index contributed by atoms with van der Waals surface area (Å²) >= 11 is 1.20. The van der Waals surface area contributed by atoms with Gasteiger partial charge in [-0.3, -0.25) is 14.4 Å². The summed E-state index contributed by atoms with van der Waals surface area (Å²) in [5.74, 6) is -1.50. The first-order valence-electron chi connectivity index (χ1n) is 9.88. The summed E-state index contributed by atoms with van der Waals surface area (Å²) in [6, 6.07) is 14.7. The number of sulfonamides is 1. The monoisotopic (exact) mass is 485 g/mol. The summed E-state index contributed by atoms with van der Waals surface area (Å²) in [4.78, 5) is 37.0. The van der Waals surface area contributed by atoms with Crippen LogP contribution in [0.2, 0.25) is 0 Å². The van der Waals surface area contributed by atoms with Crippen LogP contribution in [0.15, 0.2) is 59.5 Å². The number of nitrogens with two attached hydrogens (primary N) is 1. The maximum absolute atomic E-state index is 12.8. The molecule has 3 N–H and O–H groups in total. The molecule has 0 unspecified atom stereocenters. The Kier molecular flexibility index (Phi) is 7.11. The predicted octanol–water partition coefficient (Wildman–Crippen LogP) is 3.28. The van der Waals surface area contributed by atoms with Gasteiger partial charge < -0.3 is 11.1 Å². The third kappa shape index (κ3) is 5.19. The van der Waals surface area contributed by atoms with E-state index in [1.54, 1.807) is 0 Å². The zero-order valence-electron chi connectivity index (χ0n) is 18.3. The van der Waals surface area contributed by atoms with Gasteiger partial charge in [-0.2, -0.15) is 4.31 Å². The Morgan fingerprint density at radius 2 is 1.64 bits per heavy atom. The number of benzene rings is 2. The zero-order valence-corrected chi connectivity index (χ0v) is 19.9. The summed E-state index contributed by atoms with van der Waals surface area (Å²) in [6.45, 7) is 2.72. The standard InChI is InChI=1S/C23H23N3O5S2/c1-14(27)16-9-11-18(12-10-16)33(30,31)26(3)13-19(28)25-23-21(22(24)29)20(15(2)32-23)17-7-5-4-6-8-17/h4-12H,13H2,1-3H3,(H2,24,29)(H,25,28). The fourth-order valence-corrected chi connectivity index (χ4v) is 5.54. The number of hydrogen-bond acceptors (Lipinski definition) is 6. The molecule has 0 aliphatic rings. The number of nitrogens with zero attached hydrogens (tertiary/aromatic N) is 1. The largest absolute Gasteiger partial charge is 0.365 e. The number of primary amides is 1. The maximum Gasteiger partial charge on any atom is 0.252 e. The number of nitrogens with one attached hydrogen (secondary N) is 1. The molecule has 1 heterocycles. The molecule has 3 rings (SSSR count). The summed E-state index contributed by atoms with van der Waals surface area (Å²) < 4.78 is 26.5.